The molecule has 0 saturated heterocycles. The highest BCUT2D eigenvalue weighted by molar-refractivity contribution is 6.18. The fraction of sp³-hybridized carbons (Fsp3) is 0.500. The number of carbonyl (C=O) groups excluding carboxylic acids is 1. The van der Waals surface area contributed by atoms with Crippen molar-refractivity contribution in [3.05, 3.63) is 11.3 Å². The number of H-pyrrole nitrogens is 1. The van der Waals surface area contributed by atoms with Gasteiger partial charge in [0.25, 0.3) is 0 Å². The Morgan fingerprint density at radius 3 is 3.00 bits per heavy atom. The Bertz CT molecular complexity index is 285. The summed E-state index contributed by atoms with van der Waals surface area (Å²) in [6, 6.07) is 0. The van der Waals surface area contributed by atoms with Crippen molar-refractivity contribution in [2.75, 3.05) is 11.2 Å². The minimum Gasteiger partial charge on any atom is -0.312 e. The number of aromatic amines is 1. The van der Waals surface area contributed by atoms with Gasteiger partial charge in [-0.1, -0.05) is 6.92 Å². The smallest absolute Gasteiger partial charge is 0.212 e. The number of aryl methyl sites for hydroxylation is 1. The van der Waals surface area contributed by atoms with E-state index < -0.39 is 0 Å². The molecule has 2 N–H and O–H groups in total. The topological polar surface area (TPSA) is 57.8 Å². The van der Waals surface area contributed by atoms with Crippen molar-refractivity contribution in [2.45, 2.75) is 19.8 Å². The number of alkyl halides is 1. The zero-order chi connectivity index (χ0) is 9.68. The minimum absolute atomic E-state index is 0.528. The summed E-state index contributed by atoms with van der Waals surface area (Å²) in [5, 5.41) is 9.37. The number of nitrogens with zero attached hydrogens (tertiary/aromatic N) is 1. The lowest BCUT2D eigenvalue weighted by atomic mass is 10.1. The van der Waals surface area contributed by atoms with Gasteiger partial charge in [0.15, 0.2) is 5.82 Å². The van der Waals surface area contributed by atoms with Crippen molar-refractivity contribution in [1.82, 2.24) is 10.2 Å². The molecule has 4 nitrogen and oxygen atoms in total. The van der Waals surface area contributed by atoms with Gasteiger partial charge in [0.2, 0.25) is 6.41 Å². The third kappa shape index (κ3) is 2.21. The third-order valence-electron chi connectivity index (χ3n) is 1.85. The molecule has 0 atom stereocenters. The molecule has 1 rings (SSSR count). The summed E-state index contributed by atoms with van der Waals surface area (Å²) in [6.07, 6.45) is 2.20. The first kappa shape index (κ1) is 10.1. The molecule has 1 heterocycles. The van der Waals surface area contributed by atoms with Crippen molar-refractivity contribution < 1.29 is 4.79 Å². The lowest BCUT2D eigenvalue weighted by Crippen LogP contribution is -1.99. The van der Waals surface area contributed by atoms with Gasteiger partial charge in [-0.05, 0) is 12.8 Å². The monoisotopic (exact) mass is 201 g/mol. The summed E-state index contributed by atoms with van der Waals surface area (Å²) in [4.78, 5) is 10.2. The van der Waals surface area contributed by atoms with Crippen LogP contribution in [-0.2, 0) is 17.6 Å². The molecule has 1 aromatic rings. The van der Waals surface area contributed by atoms with Gasteiger partial charge in [-0.3, -0.25) is 9.89 Å². The van der Waals surface area contributed by atoms with Crippen molar-refractivity contribution in [3.63, 3.8) is 0 Å². The Balaban J connectivity index is 2.91. The van der Waals surface area contributed by atoms with Crippen LogP contribution in [0, 0.1) is 0 Å². The molecular formula is C8H12ClN3O. The molecule has 0 saturated carbocycles. The Morgan fingerprint density at radius 2 is 2.46 bits per heavy atom. The highest BCUT2D eigenvalue weighted by Crippen LogP contribution is 2.17. The zero-order valence-corrected chi connectivity index (χ0v) is 8.19. The molecular weight excluding hydrogens is 190 g/mol. The van der Waals surface area contributed by atoms with E-state index in [1.807, 2.05) is 6.92 Å². The van der Waals surface area contributed by atoms with Crippen molar-refractivity contribution in [3.8, 4) is 0 Å². The van der Waals surface area contributed by atoms with Crippen LogP contribution in [0.1, 0.15) is 18.2 Å². The molecule has 1 aromatic heterocycles. The van der Waals surface area contributed by atoms with Gasteiger partial charge in [-0.2, -0.15) is 5.10 Å². The molecule has 0 radical (unpaired) electrons. The lowest BCUT2D eigenvalue weighted by molar-refractivity contribution is -0.105. The second-order valence-electron chi connectivity index (χ2n) is 2.58. The zero-order valence-electron chi connectivity index (χ0n) is 7.43. The predicted octanol–water partition coefficient (Wildman–Crippen LogP) is 1.32. The van der Waals surface area contributed by atoms with E-state index >= 15 is 0 Å². The van der Waals surface area contributed by atoms with Crippen LogP contribution in [0.25, 0.3) is 0 Å². The van der Waals surface area contributed by atoms with E-state index in [2.05, 4.69) is 15.5 Å². The fourth-order valence-corrected chi connectivity index (χ4v) is 1.42. The maximum absolute atomic E-state index is 10.2. The molecule has 72 valence electrons. The van der Waals surface area contributed by atoms with Crippen LogP contribution in [0.15, 0.2) is 0 Å². The van der Waals surface area contributed by atoms with Crippen LogP contribution in [0.5, 0.6) is 0 Å². The number of hydrogen-bond acceptors (Lipinski definition) is 2. The molecule has 0 aliphatic carbocycles. The van der Waals surface area contributed by atoms with Gasteiger partial charge in [-0.25, -0.2) is 0 Å². The first-order valence-corrected chi connectivity index (χ1v) is 4.69. The van der Waals surface area contributed by atoms with Crippen molar-refractivity contribution >= 4 is 23.8 Å². The summed E-state index contributed by atoms with van der Waals surface area (Å²) in [5.41, 5.74) is 2.04. The summed E-state index contributed by atoms with van der Waals surface area (Å²) >= 11 is 5.64. The quantitative estimate of drug-likeness (QED) is 0.558. The maximum Gasteiger partial charge on any atom is 0.212 e. The number of amides is 1. The number of aromatic nitrogens is 2. The van der Waals surface area contributed by atoms with Gasteiger partial charge in [-0.15, -0.1) is 11.6 Å². The molecule has 0 spiro atoms. The molecule has 0 bridgehead atoms. The summed E-state index contributed by atoms with van der Waals surface area (Å²) in [6.45, 7) is 2.02. The second kappa shape index (κ2) is 4.87. The molecule has 5 heteroatoms. The number of nitrogens with one attached hydrogen (secondary N) is 2. The molecule has 0 aliphatic rings. The standard InChI is InChI=1S/C8H12ClN3O/c1-2-7-6(3-4-9)8(10-5-13)12-11-7/h5H,2-4H2,1H3,(H2,10,11,12,13). The van der Waals surface area contributed by atoms with E-state index in [4.69, 9.17) is 11.6 Å². The van der Waals surface area contributed by atoms with Gasteiger partial charge in [0.1, 0.15) is 0 Å². The van der Waals surface area contributed by atoms with Crippen molar-refractivity contribution in [1.29, 1.82) is 0 Å². The number of halogens is 1. The van der Waals surface area contributed by atoms with Crippen LogP contribution in [0.4, 0.5) is 5.82 Å². The van der Waals surface area contributed by atoms with Crippen molar-refractivity contribution in [2.24, 2.45) is 0 Å². The maximum atomic E-state index is 10.2. The number of hydrogen-bond donors (Lipinski definition) is 2. The summed E-state index contributed by atoms with van der Waals surface area (Å²) < 4.78 is 0. The van der Waals surface area contributed by atoms with E-state index in [1.165, 1.54) is 0 Å². The average molecular weight is 202 g/mol. The Kier molecular flexibility index (Phi) is 3.76. The normalized spacial score (nSPS) is 10.0. The van der Waals surface area contributed by atoms with Gasteiger partial charge in [0.05, 0.1) is 0 Å². The van der Waals surface area contributed by atoms with E-state index in [0.717, 1.165) is 24.1 Å². The van der Waals surface area contributed by atoms with Crippen LogP contribution in [-0.4, -0.2) is 22.5 Å². The average Bonchev–Trinajstić information content (AvgIpc) is 2.50. The first-order valence-electron chi connectivity index (χ1n) is 4.15. The number of carbonyl (C=O) groups is 1. The van der Waals surface area contributed by atoms with E-state index in [0.29, 0.717) is 18.1 Å². The SMILES string of the molecule is CCc1[nH]nc(NC=O)c1CCCl. The lowest BCUT2D eigenvalue weighted by Gasteiger charge is -1.99. The molecule has 0 aliphatic heterocycles. The summed E-state index contributed by atoms with van der Waals surface area (Å²) in [7, 11) is 0. The van der Waals surface area contributed by atoms with Crippen LogP contribution in [0.2, 0.25) is 0 Å². The third-order valence-corrected chi connectivity index (χ3v) is 2.04. The Morgan fingerprint density at radius 1 is 1.69 bits per heavy atom. The van der Waals surface area contributed by atoms with Gasteiger partial charge < -0.3 is 5.32 Å². The van der Waals surface area contributed by atoms with Crippen LogP contribution < -0.4 is 5.32 Å². The first-order chi connectivity index (χ1) is 6.33. The van der Waals surface area contributed by atoms with Gasteiger partial charge in [0, 0.05) is 17.1 Å². The Labute approximate surface area is 81.7 Å². The number of rotatable bonds is 5. The van der Waals surface area contributed by atoms with Gasteiger partial charge >= 0.3 is 0 Å². The fourth-order valence-electron chi connectivity index (χ4n) is 1.23. The van der Waals surface area contributed by atoms with E-state index in [-0.39, 0.29) is 0 Å². The highest BCUT2D eigenvalue weighted by atomic mass is 35.5. The summed E-state index contributed by atoms with van der Waals surface area (Å²) in [5.74, 6) is 1.12. The molecule has 0 aromatic carbocycles. The minimum atomic E-state index is 0.528. The predicted molar refractivity (Wildman–Crippen MR) is 52.1 cm³/mol. The molecule has 0 unspecified atom stereocenters. The second-order valence-corrected chi connectivity index (χ2v) is 2.96. The number of anilines is 1. The molecule has 13 heavy (non-hydrogen) atoms. The van der Waals surface area contributed by atoms with Crippen LogP contribution in [0.3, 0.4) is 0 Å². The van der Waals surface area contributed by atoms with E-state index in [1.54, 1.807) is 0 Å². The largest absolute Gasteiger partial charge is 0.312 e. The molecule has 1 amide bonds. The highest BCUT2D eigenvalue weighted by Gasteiger charge is 2.10. The Hall–Kier alpha value is -1.03. The molecule has 0 fully saturated rings. The van der Waals surface area contributed by atoms with E-state index in [9.17, 15) is 4.79 Å². The van der Waals surface area contributed by atoms with Crippen LogP contribution >= 0.6 is 11.6 Å².